The van der Waals surface area contributed by atoms with Gasteiger partial charge in [-0.2, -0.15) is 0 Å². The molecule has 1 aromatic carbocycles. The van der Waals surface area contributed by atoms with E-state index in [0.29, 0.717) is 0 Å². The van der Waals surface area contributed by atoms with Gasteiger partial charge in [0.2, 0.25) is 0 Å². The molecule has 1 aliphatic rings. The highest BCUT2D eigenvalue weighted by Crippen LogP contribution is 2.49. The van der Waals surface area contributed by atoms with Crippen LogP contribution in [0.2, 0.25) is 0 Å². The van der Waals surface area contributed by atoms with E-state index in [0.717, 1.165) is 25.0 Å². The summed E-state index contributed by atoms with van der Waals surface area (Å²) >= 11 is 0. The second kappa shape index (κ2) is 4.23. The molecule has 1 aromatic rings. The van der Waals surface area contributed by atoms with Gasteiger partial charge in [-0.1, -0.05) is 31.0 Å². The van der Waals surface area contributed by atoms with E-state index in [2.05, 4.69) is 6.07 Å². The van der Waals surface area contributed by atoms with Crippen molar-refractivity contribution >= 4 is 0 Å². The highest BCUT2D eigenvalue weighted by molar-refractivity contribution is 5.41. The first kappa shape index (κ1) is 10.5. The largest absolute Gasteiger partial charge is 0.854 e. The van der Waals surface area contributed by atoms with Crippen LogP contribution in [0.25, 0.3) is 0 Å². The fourth-order valence-electron chi connectivity index (χ4n) is 2.54. The van der Waals surface area contributed by atoms with Crippen LogP contribution in [-0.2, 0) is 5.41 Å². The van der Waals surface area contributed by atoms with E-state index in [1.54, 1.807) is 7.11 Å². The third-order valence-electron chi connectivity index (χ3n) is 3.57. The normalized spacial score (nSPS) is 18.3. The third kappa shape index (κ3) is 1.74. The molecule has 0 radical (unpaired) electrons. The minimum absolute atomic E-state index is 0.0120. The van der Waals surface area contributed by atoms with Gasteiger partial charge in [0.25, 0.3) is 0 Å². The van der Waals surface area contributed by atoms with Crippen LogP contribution in [0.15, 0.2) is 24.3 Å². The van der Waals surface area contributed by atoms with E-state index in [4.69, 9.17) is 4.74 Å². The average Bonchev–Trinajstić information content (AvgIpc) is 2.23. The van der Waals surface area contributed by atoms with Gasteiger partial charge in [-0.15, -0.1) is 6.61 Å². The van der Waals surface area contributed by atoms with Gasteiger partial charge in [0.1, 0.15) is 5.75 Å². The molecule has 0 N–H and O–H groups in total. The van der Waals surface area contributed by atoms with Crippen LogP contribution >= 0.6 is 0 Å². The zero-order valence-electron chi connectivity index (χ0n) is 9.16. The molecule has 0 amide bonds. The molecule has 0 atom stereocenters. The monoisotopic (exact) mass is 205 g/mol. The number of para-hydroxylation sites is 1. The molecule has 0 heterocycles. The van der Waals surface area contributed by atoms with Gasteiger partial charge in [0, 0.05) is 5.56 Å². The van der Waals surface area contributed by atoms with Crippen molar-refractivity contribution in [1.82, 2.24) is 0 Å². The Morgan fingerprint density at radius 2 is 2.07 bits per heavy atom. The summed E-state index contributed by atoms with van der Waals surface area (Å²) in [5, 5.41) is 10.9. The number of rotatable bonds is 4. The SMILES string of the molecule is COc1ccccc1C1(CC[O-])CCC1. The van der Waals surface area contributed by atoms with Crippen molar-refractivity contribution in [1.29, 1.82) is 0 Å². The molecule has 0 saturated heterocycles. The molecule has 0 bridgehead atoms. The Balaban J connectivity index is 2.33. The molecular weight excluding hydrogens is 188 g/mol. The first-order valence-corrected chi connectivity index (χ1v) is 5.54. The maximum atomic E-state index is 10.9. The van der Waals surface area contributed by atoms with Crippen LogP contribution in [-0.4, -0.2) is 13.7 Å². The minimum Gasteiger partial charge on any atom is -0.854 e. The molecule has 2 heteroatoms. The van der Waals surface area contributed by atoms with Crippen molar-refractivity contribution in [2.24, 2.45) is 0 Å². The van der Waals surface area contributed by atoms with Gasteiger partial charge in [-0.25, -0.2) is 0 Å². The Hall–Kier alpha value is -1.02. The standard InChI is InChI=1S/C13H17O2/c1-15-12-6-3-2-5-11(12)13(9-10-14)7-4-8-13/h2-3,5-6H,4,7-10H2,1H3/q-1. The zero-order chi connectivity index (χ0) is 10.7. The summed E-state index contributed by atoms with van der Waals surface area (Å²) in [5.41, 5.74) is 1.35. The van der Waals surface area contributed by atoms with Gasteiger partial charge in [-0.05, 0) is 24.3 Å². The molecule has 15 heavy (non-hydrogen) atoms. The summed E-state index contributed by atoms with van der Waals surface area (Å²) < 4.78 is 5.37. The van der Waals surface area contributed by atoms with Gasteiger partial charge in [0.15, 0.2) is 0 Å². The molecule has 2 rings (SSSR count). The second-order valence-electron chi connectivity index (χ2n) is 4.29. The van der Waals surface area contributed by atoms with E-state index in [1.807, 2.05) is 18.2 Å². The van der Waals surface area contributed by atoms with E-state index in [9.17, 15) is 5.11 Å². The van der Waals surface area contributed by atoms with Crippen molar-refractivity contribution in [2.75, 3.05) is 13.7 Å². The number of hydrogen-bond donors (Lipinski definition) is 0. The average molecular weight is 205 g/mol. The smallest absolute Gasteiger partial charge is 0.122 e. The van der Waals surface area contributed by atoms with Gasteiger partial charge < -0.3 is 9.84 Å². The summed E-state index contributed by atoms with van der Waals surface area (Å²) in [6.45, 7) is 0.0120. The van der Waals surface area contributed by atoms with Gasteiger partial charge >= 0.3 is 0 Å². The summed E-state index contributed by atoms with van der Waals surface area (Å²) in [7, 11) is 1.70. The molecule has 1 aliphatic carbocycles. The van der Waals surface area contributed by atoms with E-state index >= 15 is 0 Å². The van der Waals surface area contributed by atoms with Crippen molar-refractivity contribution in [3.63, 3.8) is 0 Å². The van der Waals surface area contributed by atoms with E-state index in [1.165, 1.54) is 12.0 Å². The van der Waals surface area contributed by atoms with Crippen LogP contribution in [0.4, 0.5) is 0 Å². The predicted octanol–water partition coefficient (Wildman–Crippen LogP) is 1.87. The number of methoxy groups -OCH3 is 1. The van der Waals surface area contributed by atoms with Crippen LogP contribution in [0.3, 0.4) is 0 Å². The van der Waals surface area contributed by atoms with Crippen LogP contribution in [0, 0.1) is 0 Å². The fourth-order valence-corrected chi connectivity index (χ4v) is 2.54. The predicted molar refractivity (Wildman–Crippen MR) is 58.0 cm³/mol. The van der Waals surface area contributed by atoms with Crippen molar-refractivity contribution in [2.45, 2.75) is 31.1 Å². The van der Waals surface area contributed by atoms with Crippen molar-refractivity contribution in [3.05, 3.63) is 29.8 Å². The third-order valence-corrected chi connectivity index (χ3v) is 3.57. The molecule has 0 unspecified atom stereocenters. The van der Waals surface area contributed by atoms with Crippen molar-refractivity contribution < 1.29 is 9.84 Å². The molecule has 2 nitrogen and oxygen atoms in total. The fraction of sp³-hybridized carbons (Fsp3) is 0.538. The Bertz CT molecular complexity index is 329. The first-order chi connectivity index (χ1) is 7.32. The molecule has 1 saturated carbocycles. The molecular formula is C13H17O2-. The minimum atomic E-state index is 0.0120. The number of ether oxygens (including phenoxy) is 1. The number of hydrogen-bond acceptors (Lipinski definition) is 2. The zero-order valence-corrected chi connectivity index (χ0v) is 9.16. The summed E-state index contributed by atoms with van der Waals surface area (Å²) in [4.78, 5) is 0. The second-order valence-corrected chi connectivity index (χ2v) is 4.29. The molecule has 0 spiro atoms. The highest BCUT2D eigenvalue weighted by Gasteiger charge is 2.38. The lowest BCUT2D eigenvalue weighted by Gasteiger charge is -2.44. The van der Waals surface area contributed by atoms with Crippen LogP contribution < -0.4 is 9.84 Å². The maximum Gasteiger partial charge on any atom is 0.122 e. The highest BCUT2D eigenvalue weighted by atomic mass is 16.5. The van der Waals surface area contributed by atoms with Gasteiger partial charge in [0.05, 0.1) is 7.11 Å². The lowest BCUT2D eigenvalue weighted by atomic mass is 9.62. The molecule has 0 aromatic heterocycles. The van der Waals surface area contributed by atoms with E-state index < -0.39 is 0 Å². The lowest BCUT2D eigenvalue weighted by Crippen LogP contribution is -2.37. The Labute approximate surface area is 90.9 Å². The van der Waals surface area contributed by atoms with Crippen LogP contribution in [0.5, 0.6) is 5.75 Å². The number of benzene rings is 1. The maximum absolute atomic E-state index is 10.9. The molecule has 1 fully saturated rings. The lowest BCUT2D eigenvalue weighted by molar-refractivity contribution is -0.371. The van der Waals surface area contributed by atoms with E-state index in [-0.39, 0.29) is 12.0 Å². The topological polar surface area (TPSA) is 32.3 Å². The van der Waals surface area contributed by atoms with Gasteiger partial charge in [-0.3, -0.25) is 0 Å². The Morgan fingerprint density at radius 1 is 1.33 bits per heavy atom. The molecule has 0 aliphatic heterocycles. The quantitative estimate of drug-likeness (QED) is 0.751. The van der Waals surface area contributed by atoms with Crippen LogP contribution in [0.1, 0.15) is 31.2 Å². The first-order valence-electron chi connectivity index (χ1n) is 5.54. The summed E-state index contributed by atoms with van der Waals surface area (Å²) in [5.74, 6) is 0.936. The summed E-state index contributed by atoms with van der Waals surface area (Å²) in [6, 6.07) is 8.10. The summed E-state index contributed by atoms with van der Waals surface area (Å²) in [6.07, 6.45) is 4.25. The Kier molecular flexibility index (Phi) is 2.96. The Morgan fingerprint density at radius 3 is 2.60 bits per heavy atom. The molecule has 82 valence electrons. The van der Waals surface area contributed by atoms with Crippen molar-refractivity contribution in [3.8, 4) is 5.75 Å².